The van der Waals surface area contributed by atoms with E-state index in [1.807, 2.05) is 31.3 Å². The van der Waals surface area contributed by atoms with E-state index in [1.54, 1.807) is 17.6 Å². The van der Waals surface area contributed by atoms with Crippen molar-refractivity contribution in [2.45, 2.75) is 13.1 Å². The van der Waals surface area contributed by atoms with E-state index in [4.69, 9.17) is 9.51 Å². The van der Waals surface area contributed by atoms with Crippen molar-refractivity contribution in [2.75, 3.05) is 33.2 Å². The number of rotatable bonds is 5. The number of piperazine rings is 1. The predicted molar refractivity (Wildman–Crippen MR) is 111 cm³/mol. The zero-order valence-electron chi connectivity index (χ0n) is 15.9. The van der Waals surface area contributed by atoms with E-state index >= 15 is 0 Å². The van der Waals surface area contributed by atoms with Crippen LogP contribution in [0.15, 0.2) is 57.6 Å². The van der Waals surface area contributed by atoms with Crippen LogP contribution >= 0.6 is 11.3 Å². The second-order valence-corrected chi connectivity index (χ2v) is 7.52. The van der Waals surface area contributed by atoms with E-state index in [0.717, 1.165) is 60.6 Å². The van der Waals surface area contributed by atoms with Crippen LogP contribution in [0.5, 0.6) is 0 Å². The summed E-state index contributed by atoms with van der Waals surface area (Å²) in [5.41, 5.74) is 3.18. The van der Waals surface area contributed by atoms with Gasteiger partial charge in [0.1, 0.15) is 11.3 Å². The molecule has 3 aromatic rings. The minimum absolute atomic E-state index is 0.676. The van der Waals surface area contributed by atoms with Crippen LogP contribution in [0.2, 0.25) is 0 Å². The average Bonchev–Trinajstić information content (AvgIpc) is 3.42. The number of guanidine groups is 1. The molecule has 28 heavy (non-hydrogen) atoms. The fourth-order valence-electron chi connectivity index (χ4n) is 3.27. The van der Waals surface area contributed by atoms with Crippen LogP contribution < -0.4 is 5.32 Å². The Labute approximate surface area is 168 Å². The summed E-state index contributed by atoms with van der Waals surface area (Å²) in [6.07, 6.45) is 1.62. The maximum atomic E-state index is 4.92. The molecular formula is C20H24N6OS. The van der Waals surface area contributed by atoms with E-state index in [0.29, 0.717) is 6.54 Å². The topological polar surface area (TPSA) is 69.8 Å². The van der Waals surface area contributed by atoms with Gasteiger partial charge in [-0.3, -0.25) is 9.89 Å². The minimum atomic E-state index is 0.676. The molecule has 4 rings (SSSR count). The first-order chi connectivity index (χ1) is 13.8. The Balaban J connectivity index is 1.28. The third-order valence-electron chi connectivity index (χ3n) is 4.76. The third-order valence-corrected chi connectivity index (χ3v) is 5.70. The van der Waals surface area contributed by atoms with E-state index in [-0.39, 0.29) is 0 Å². The lowest BCUT2D eigenvalue weighted by molar-refractivity contribution is 0.169. The molecule has 0 aliphatic carbocycles. The van der Waals surface area contributed by atoms with Crippen molar-refractivity contribution in [2.24, 2.45) is 4.99 Å². The van der Waals surface area contributed by atoms with Gasteiger partial charge in [0.2, 0.25) is 0 Å². The van der Waals surface area contributed by atoms with Crippen molar-refractivity contribution in [1.29, 1.82) is 0 Å². The summed E-state index contributed by atoms with van der Waals surface area (Å²) < 4.78 is 4.92. The SMILES string of the molecule is CN=C(NCc1csc(-c2ccccc2)n1)N1CCN(Cc2ccon2)CC1. The van der Waals surface area contributed by atoms with E-state index in [9.17, 15) is 0 Å². The number of thiazole rings is 1. The Morgan fingerprint density at radius 2 is 1.96 bits per heavy atom. The van der Waals surface area contributed by atoms with Crippen LogP contribution in [0.3, 0.4) is 0 Å². The van der Waals surface area contributed by atoms with Crippen molar-refractivity contribution in [3.63, 3.8) is 0 Å². The molecule has 1 aliphatic heterocycles. The highest BCUT2D eigenvalue weighted by Crippen LogP contribution is 2.23. The van der Waals surface area contributed by atoms with Gasteiger partial charge >= 0.3 is 0 Å². The number of hydrogen-bond acceptors (Lipinski definition) is 6. The van der Waals surface area contributed by atoms with Gasteiger partial charge in [-0.25, -0.2) is 4.98 Å². The van der Waals surface area contributed by atoms with Crippen LogP contribution in [0.4, 0.5) is 0 Å². The first-order valence-corrected chi connectivity index (χ1v) is 10.3. The summed E-state index contributed by atoms with van der Waals surface area (Å²) >= 11 is 1.67. The summed E-state index contributed by atoms with van der Waals surface area (Å²) in [4.78, 5) is 13.9. The number of aliphatic imine (C=N–C) groups is 1. The van der Waals surface area contributed by atoms with Crippen LogP contribution in [0.25, 0.3) is 10.6 Å². The van der Waals surface area contributed by atoms with E-state index in [1.165, 1.54) is 0 Å². The zero-order valence-corrected chi connectivity index (χ0v) is 16.7. The van der Waals surface area contributed by atoms with Gasteiger partial charge < -0.3 is 14.7 Å². The zero-order chi connectivity index (χ0) is 19.2. The van der Waals surface area contributed by atoms with Gasteiger partial charge in [-0.15, -0.1) is 11.3 Å². The molecule has 1 aromatic carbocycles. The van der Waals surface area contributed by atoms with Crippen molar-refractivity contribution in [3.8, 4) is 10.6 Å². The highest BCUT2D eigenvalue weighted by Gasteiger charge is 2.20. The number of aromatic nitrogens is 2. The first kappa shape index (κ1) is 18.6. The molecule has 1 aliphatic rings. The van der Waals surface area contributed by atoms with Gasteiger partial charge in [-0.05, 0) is 0 Å². The van der Waals surface area contributed by atoms with E-state index in [2.05, 4.69) is 42.8 Å². The van der Waals surface area contributed by atoms with Gasteiger partial charge in [0.15, 0.2) is 5.96 Å². The molecular weight excluding hydrogens is 372 g/mol. The Hall–Kier alpha value is -2.71. The number of nitrogens with zero attached hydrogens (tertiary/aromatic N) is 5. The van der Waals surface area contributed by atoms with Crippen molar-refractivity contribution in [1.82, 2.24) is 25.3 Å². The van der Waals surface area contributed by atoms with Crippen LogP contribution in [-0.4, -0.2) is 59.1 Å². The number of benzene rings is 1. The summed E-state index contributed by atoms with van der Waals surface area (Å²) in [5, 5.41) is 10.6. The minimum Gasteiger partial charge on any atom is -0.364 e. The number of nitrogens with one attached hydrogen (secondary N) is 1. The molecule has 7 nitrogen and oxygen atoms in total. The van der Waals surface area contributed by atoms with Gasteiger partial charge in [0, 0.05) is 56.8 Å². The third kappa shape index (κ3) is 4.58. The summed E-state index contributed by atoms with van der Waals surface area (Å²) in [7, 11) is 1.83. The summed E-state index contributed by atoms with van der Waals surface area (Å²) in [5.74, 6) is 0.926. The normalized spacial score (nSPS) is 15.8. The van der Waals surface area contributed by atoms with Crippen LogP contribution in [0, 0.1) is 0 Å². The van der Waals surface area contributed by atoms with Gasteiger partial charge in [0.25, 0.3) is 0 Å². The molecule has 0 atom stereocenters. The summed E-state index contributed by atoms with van der Waals surface area (Å²) in [6, 6.07) is 12.2. The molecule has 0 amide bonds. The lowest BCUT2D eigenvalue weighted by atomic mass is 10.2. The molecule has 1 N–H and O–H groups in total. The largest absolute Gasteiger partial charge is 0.364 e. The van der Waals surface area contributed by atoms with Crippen LogP contribution in [-0.2, 0) is 13.1 Å². The fourth-order valence-corrected chi connectivity index (χ4v) is 4.10. The predicted octanol–water partition coefficient (Wildman–Crippen LogP) is 2.69. The fraction of sp³-hybridized carbons (Fsp3) is 0.350. The standard InChI is InChI=1S/C20H24N6OS/c1-21-20(26-10-8-25(9-11-26)14-17-7-12-27-24-17)22-13-18-15-28-19(23-18)16-5-3-2-4-6-16/h2-7,12,15H,8-11,13-14H2,1H3,(H,21,22). The van der Waals surface area contributed by atoms with Crippen LogP contribution in [0.1, 0.15) is 11.4 Å². The smallest absolute Gasteiger partial charge is 0.194 e. The molecule has 3 heterocycles. The Bertz CT molecular complexity index is 885. The average molecular weight is 397 g/mol. The lowest BCUT2D eigenvalue weighted by Gasteiger charge is -2.36. The van der Waals surface area contributed by atoms with E-state index < -0.39 is 0 Å². The molecule has 0 radical (unpaired) electrons. The first-order valence-electron chi connectivity index (χ1n) is 9.39. The highest BCUT2D eigenvalue weighted by molar-refractivity contribution is 7.13. The summed E-state index contributed by atoms with van der Waals surface area (Å²) in [6.45, 7) is 5.32. The maximum Gasteiger partial charge on any atom is 0.194 e. The molecule has 2 aromatic heterocycles. The maximum absolute atomic E-state index is 4.92. The van der Waals surface area contributed by atoms with Crippen molar-refractivity contribution in [3.05, 3.63) is 59.4 Å². The molecule has 0 saturated carbocycles. The number of hydrogen-bond donors (Lipinski definition) is 1. The van der Waals surface area contributed by atoms with Gasteiger partial charge in [-0.2, -0.15) is 0 Å². The Morgan fingerprint density at radius 3 is 2.68 bits per heavy atom. The molecule has 8 heteroatoms. The lowest BCUT2D eigenvalue weighted by Crippen LogP contribution is -2.52. The Kier molecular flexibility index (Phi) is 5.98. The van der Waals surface area contributed by atoms with Crippen molar-refractivity contribution < 1.29 is 4.52 Å². The molecule has 0 unspecified atom stereocenters. The molecule has 1 fully saturated rings. The monoisotopic (exact) mass is 396 g/mol. The second kappa shape index (κ2) is 8.99. The van der Waals surface area contributed by atoms with Crippen molar-refractivity contribution >= 4 is 17.3 Å². The molecule has 0 bridgehead atoms. The molecule has 0 spiro atoms. The quantitative estimate of drug-likeness (QED) is 0.528. The Morgan fingerprint density at radius 1 is 1.14 bits per heavy atom. The molecule has 146 valence electrons. The van der Waals surface area contributed by atoms with Gasteiger partial charge in [-0.1, -0.05) is 35.5 Å². The van der Waals surface area contributed by atoms with Gasteiger partial charge in [0.05, 0.1) is 17.9 Å². The molecule has 1 saturated heterocycles. The highest BCUT2D eigenvalue weighted by atomic mass is 32.1. The second-order valence-electron chi connectivity index (χ2n) is 6.66.